The Balaban J connectivity index is 1.78. The molecule has 130 valence electrons. The average molecular weight is 357 g/mol. The van der Waals surface area contributed by atoms with Crippen LogP contribution in [0, 0.1) is 11.3 Å². The Hall–Kier alpha value is -2.52. The van der Waals surface area contributed by atoms with Crippen LogP contribution in [0.1, 0.15) is 12.0 Å². The zero-order valence-electron chi connectivity index (χ0n) is 14.6. The molecule has 0 amide bonds. The molecule has 0 spiro atoms. The highest BCUT2D eigenvalue weighted by atomic mass is 35.5. The van der Waals surface area contributed by atoms with E-state index in [0.29, 0.717) is 16.5 Å². The van der Waals surface area contributed by atoms with Gasteiger partial charge in [0.2, 0.25) is 5.95 Å². The summed E-state index contributed by atoms with van der Waals surface area (Å²) in [6.07, 6.45) is 2.76. The van der Waals surface area contributed by atoms with E-state index in [4.69, 9.17) is 11.6 Å². The molecule has 1 atom stereocenters. The van der Waals surface area contributed by atoms with Gasteiger partial charge in [-0.25, -0.2) is 4.98 Å². The number of halogens is 1. The molecular weight excluding hydrogens is 336 g/mol. The van der Waals surface area contributed by atoms with Crippen molar-refractivity contribution in [3.8, 4) is 6.07 Å². The van der Waals surface area contributed by atoms with E-state index in [2.05, 4.69) is 25.8 Å². The maximum atomic E-state index is 9.40. The van der Waals surface area contributed by atoms with Crippen LogP contribution in [0.15, 0.2) is 30.5 Å². The lowest BCUT2D eigenvalue weighted by molar-refractivity contribution is 0.674. The predicted octanol–water partition coefficient (Wildman–Crippen LogP) is 2.78. The van der Waals surface area contributed by atoms with Gasteiger partial charge in [0.25, 0.3) is 0 Å². The van der Waals surface area contributed by atoms with Gasteiger partial charge in [-0.15, -0.1) is 0 Å². The molecule has 1 aromatic heterocycles. The largest absolute Gasteiger partial charge is 0.368 e. The molecule has 1 unspecified atom stereocenters. The lowest BCUT2D eigenvalue weighted by Crippen LogP contribution is -2.36. The summed E-state index contributed by atoms with van der Waals surface area (Å²) in [5.74, 6) is 1.60. The number of likely N-dealkylation sites (N-methyl/N-ethyl adjacent to an activating group) is 1. The van der Waals surface area contributed by atoms with Gasteiger partial charge in [0.15, 0.2) is 0 Å². The van der Waals surface area contributed by atoms with Gasteiger partial charge in [-0.2, -0.15) is 10.2 Å². The van der Waals surface area contributed by atoms with Crippen LogP contribution in [-0.2, 0) is 0 Å². The van der Waals surface area contributed by atoms with Crippen LogP contribution < -0.4 is 14.7 Å². The first-order valence-electron chi connectivity index (χ1n) is 8.18. The second-order valence-corrected chi connectivity index (χ2v) is 6.76. The summed E-state index contributed by atoms with van der Waals surface area (Å²) in [6.45, 7) is 1.68. The van der Waals surface area contributed by atoms with Gasteiger partial charge in [0, 0.05) is 40.4 Å². The highest BCUT2D eigenvalue weighted by Crippen LogP contribution is 2.30. The van der Waals surface area contributed by atoms with E-state index in [1.807, 2.05) is 44.2 Å². The molecule has 25 heavy (non-hydrogen) atoms. The Morgan fingerprint density at radius 2 is 2.08 bits per heavy atom. The van der Waals surface area contributed by atoms with Crippen molar-refractivity contribution in [1.82, 2.24) is 9.97 Å². The molecule has 1 aromatic carbocycles. The lowest BCUT2D eigenvalue weighted by atomic mass is 10.2. The first-order valence-corrected chi connectivity index (χ1v) is 8.56. The van der Waals surface area contributed by atoms with Crippen LogP contribution >= 0.6 is 11.6 Å². The highest BCUT2D eigenvalue weighted by Gasteiger charge is 2.29. The highest BCUT2D eigenvalue weighted by molar-refractivity contribution is 6.32. The fourth-order valence-corrected chi connectivity index (χ4v) is 3.30. The van der Waals surface area contributed by atoms with Gasteiger partial charge in [-0.1, -0.05) is 17.7 Å². The van der Waals surface area contributed by atoms with Crippen molar-refractivity contribution < 1.29 is 0 Å². The van der Waals surface area contributed by atoms with Gasteiger partial charge < -0.3 is 14.7 Å². The number of hydrogen-bond acceptors (Lipinski definition) is 6. The number of rotatable bonds is 4. The molecule has 0 radical (unpaired) electrons. The van der Waals surface area contributed by atoms with Crippen LogP contribution in [0.2, 0.25) is 5.02 Å². The lowest BCUT2D eigenvalue weighted by Gasteiger charge is -2.26. The van der Waals surface area contributed by atoms with Crippen molar-refractivity contribution in [3.63, 3.8) is 0 Å². The van der Waals surface area contributed by atoms with Gasteiger partial charge in [0.05, 0.1) is 22.3 Å². The summed E-state index contributed by atoms with van der Waals surface area (Å²) < 4.78 is 0. The second-order valence-electron chi connectivity index (χ2n) is 6.35. The van der Waals surface area contributed by atoms with Crippen LogP contribution in [0.4, 0.5) is 17.5 Å². The minimum atomic E-state index is 0.280. The number of aromatic nitrogens is 2. The van der Waals surface area contributed by atoms with Gasteiger partial charge >= 0.3 is 0 Å². The van der Waals surface area contributed by atoms with Crippen molar-refractivity contribution in [2.24, 2.45) is 0 Å². The van der Waals surface area contributed by atoms with Crippen molar-refractivity contribution in [2.45, 2.75) is 12.5 Å². The number of nitrogens with zero attached hydrogens (tertiary/aromatic N) is 6. The maximum Gasteiger partial charge on any atom is 0.227 e. The van der Waals surface area contributed by atoms with Crippen LogP contribution in [-0.4, -0.2) is 50.2 Å². The molecule has 2 heterocycles. The van der Waals surface area contributed by atoms with Crippen LogP contribution in [0.25, 0.3) is 0 Å². The van der Waals surface area contributed by atoms with Crippen molar-refractivity contribution >= 4 is 29.1 Å². The molecule has 3 rings (SSSR count). The van der Waals surface area contributed by atoms with Crippen molar-refractivity contribution in [1.29, 1.82) is 5.26 Å². The zero-order valence-corrected chi connectivity index (χ0v) is 15.4. The second kappa shape index (κ2) is 7.16. The molecule has 1 aliphatic rings. The molecule has 6 nitrogen and oxygen atoms in total. The molecule has 1 saturated heterocycles. The zero-order chi connectivity index (χ0) is 18.0. The van der Waals surface area contributed by atoms with E-state index in [1.165, 1.54) is 0 Å². The Bertz CT molecular complexity index is 800. The molecule has 0 N–H and O–H groups in total. The maximum absolute atomic E-state index is 9.40. The van der Waals surface area contributed by atoms with E-state index in [9.17, 15) is 5.26 Å². The van der Waals surface area contributed by atoms with E-state index in [1.54, 1.807) is 12.3 Å². The number of benzene rings is 1. The third-order valence-corrected chi connectivity index (χ3v) is 4.87. The molecule has 7 heteroatoms. The van der Waals surface area contributed by atoms with Gasteiger partial charge in [-0.3, -0.25) is 0 Å². The fraction of sp³-hybridized carbons (Fsp3) is 0.389. The molecular formula is C18H21ClN6. The Labute approximate surface area is 153 Å². The summed E-state index contributed by atoms with van der Waals surface area (Å²) in [5.41, 5.74) is 1.44. The third kappa shape index (κ3) is 3.47. The number of hydrogen-bond donors (Lipinski definition) is 0. The SMILES string of the molecule is CN(C)c1ccnc(N(C)C2CCN(c3cccc(Cl)c3C#N)C2)n1. The molecule has 1 aliphatic heterocycles. The quantitative estimate of drug-likeness (QED) is 0.839. The van der Waals surface area contributed by atoms with E-state index < -0.39 is 0 Å². The normalized spacial score (nSPS) is 16.6. The van der Waals surface area contributed by atoms with Crippen LogP contribution in [0.3, 0.4) is 0 Å². The monoisotopic (exact) mass is 356 g/mol. The minimum absolute atomic E-state index is 0.280. The average Bonchev–Trinajstić information content (AvgIpc) is 3.10. The third-order valence-electron chi connectivity index (χ3n) is 4.56. The van der Waals surface area contributed by atoms with Crippen LogP contribution in [0.5, 0.6) is 0 Å². The number of anilines is 3. The summed E-state index contributed by atoms with van der Waals surface area (Å²) >= 11 is 6.17. The van der Waals surface area contributed by atoms with Gasteiger partial charge in [-0.05, 0) is 24.6 Å². The topological polar surface area (TPSA) is 59.3 Å². The Morgan fingerprint density at radius 3 is 2.80 bits per heavy atom. The Kier molecular flexibility index (Phi) is 4.95. The molecule has 0 bridgehead atoms. The van der Waals surface area contributed by atoms with Crippen molar-refractivity contribution in [3.05, 3.63) is 41.0 Å². The summed E-state index contributed by atoms with van der Waals surface area (Å²) in [4.78, 5) is 15.3. The molecule has 1 fully saturated rings. The minimum Gasteiger partial charge on any atom is -0.368 e. The summed E-state index contributed by atoms with van der Waals surface area (Å²) in [7, 11) is 5.95. The smallest absolute Gasteiger partial charge is 0.227 e. The summed E-state index contributed by atoms with van der Waals surface area (Å²) in [6, 6.07) is 9.99. The summed E-state index contributed by atoms with van der Waals surface area (Å²) in [5, 5.41) is 9.90. The first kappa shape index (κ1) is 17.3. The fourth-order valence-electron chi connectivity index (χ4n) is 3.09. The first-order chi connectivity index (χ1) is 12.0. The van der Waals surface area contributed by atoms with Gasteiger partial charge in [0.1, 0.15) is 11.9 Å². The molecule has 0 aliphatic carbocycles. The molecule has 0 saturated carbocycles. The molecule has 2 aromatic rings. The van der Waals surface area contributed by atoms with E-state index >= 15 is 0 Å². The van der Waals surface area contributed by atoms with E-state index in [-0.39, 0.29) is 6.04 Å². The van der Waals surface area contributed by atoms with Crippen molar-refractivity contribution in [2.75, 3.05) is 48.9 Å². The number of nitriles is 1. The standard InChI is InChI=1S/C18H21ClN6/c1-23(2)17-7-9-21-18(22-17)24(3)13-8-10-25(12-13)16-6-4-5-15(19)14(16)11-20/h4-7,9,13H,8,10,12H2,1-3H3. The van der Waals surface area contributed by atoms with E-state index in [0.717, 1.165) is 31.0 Å². The Morgan fingerprint density at radius 1 is 1.28 bits per heavy atom. The predicted molar refractivity (Wildman–Crippen MR) is 102 cm³/mol.